The third-order valence-corrected chi connectivity index (χ3v) is 7.73. The van der Waals surface area contributed by atoms with Crippen molar-refractivity contribution in [3.63, 3.8) is 0 Å². The summed E-state index contributed by atoms with van der Waals surface area (Å²) in [6.45, 7) is 2.25. The van der Waals surface area contributed by atoms with Gasteiger partial charge >= 0.3 is 7.60 Å². The van der Waals surface area contributed by atoms with Crippen LogP contribution in [0.4, 0.5) is 0 Å². The minimum Gasteiger partial charge on any atom is -0.373 e. The molecule has 1 atom stereocenters. The topological polar surface area (TPSA) is 77.8 Å². The first kappa shape index (κ1) is 33.5. The van der Waals surface area contributed by atoms with Crippen LogP contribution in [0, 0.1) is 0 Å². The molecule has 0 aliphatic heterocycles. The summed E-state index contributed by atoms with van der Waals surface area (Å²) in [5.41, 5.74) is 0. The van der Waals surface area contributed by atoms with E-state index in [-0.39, 0.29) is 13.0 Å². The maximum atomic E-state index is 11.8. The molecule has 0 spiro atoms. The van der Waals surface area contributed by atoms with Gasteiger partial charge in [0.2, 0.25) is 5.34 Å². The second kappa shape index (κ2) is 19.7. The summed E-state index contributed by atoms with van der Waals surface area (Å²) in [5, 5.41) is 8.64. The predicted molar refractivity (Wildman–Crippen MR) is 147 cm³/mol. The van der Waals surface area contributed by atoms with Gasteiger partial charge in [-0.15, -0.1) is 0 Å². The molecule has 34 heavy (non-hydrogen) atoms. The van der Waals surface area contributed by atoms with Gasteiger partial charge in [0.05, 0.1) is 21.1 Å². The highest BCUT2D eigenvalue weighted by atomic mass is 31.2. The molecule has 0 aromatic rings. The maximum absolute atomic E-state index is 11.8. The van der Waals surface area contributed by atoms with Gasteiger partial charge in [-0.1, -0.05) is 89.0 Å². The molecule has 3 N–H and O–H groups in total. The monoisotopic (exact) mass is 502 g/mol. The van der Waals surface area contributed by atoms with E-state index in [2.05, 4.69) is 31.2 Å². The van der Waals surface area contributed by atoms with E-state index in [1.165, 1.54) is 77.0 Å². The third kappa shape index (κ3) is 19.8. The average molecular weight is 503 g/mol. The molecule has 1 unspecified atom stereocenters. The number of rotatable bonds is 23. The summed E-state index contributed by atoms with van der Waals surface area (Å²) in [5.74, 6) is 0. The van der Waals surface area contributed by atoms with E-state index in [9.17, 15) is 19.5 Å². The van der Waals surface area contributed by atoms with Crippen molar-refractivity contribution < 1.29 is 23.9 Å². The molecule has 5 nitrogen and oxygen atoms in total. The highest BCUT2D eigenvalue weighted by Crippen LogP contribution is 2.52. The molecule has 0 amide bonds. The zero-order valence-electron chi connectivity index (χ0n) is 22.9. The Morgan fingerprint density at radius 1 is 0.647 bits per heavy atom. The Labute approximate surface area is 211 Å². The fourth-order valence-corrected chi connectivity index (χ4v) is 5.44. The number of allylic oxidation sites excluding steroid dienone is 4. The van der Waals surface area contributed by atoms with Gasteiger partial charge in [-0.25, -0.2) is 0 Å². The van der Waals surface area contributed by atoms with E-state index in [0.717, 1.165) is 25.7 Å². The first-order valence-electron chi connectivity index (χ1n) is 13.9. The summed E-state index contributed by atoms with van der Waals surface area (Å²) in [7, 11) is 0.972. The summed E-state index contributed by atoms with van der Waals surface area (Å²) >= 11 is 0. The molecule has 0 bridgehead atoms. The number of quaternary nitrogens is 1. The molecule has 0 aromatic heterocycles. The molecule has 6 heteroatoms. The van der Waals surface area contributed by atoms with Crippen LogP contribution >= 0.6 is 7.60 Å². The Bertz CT molecular complexity index is 579. The number of hydrogen-bond acceptors (Lipinski definition) is 2. The summed E-state index contributed by atoms with van der Waals surface area (Å²) < 4.78 is 12.1. The first-order chi connectivity index (χ1) is 16.0. The van der Waals surface area contributed by atoms with Gasteiger partial charge in [-0.2, -0.15) is 0 Å². The largest absolute Gasteiger partial charge is 0.373 e. The number of nitrogens with zero attached hydrogens (tertiary/aromatic N) is 1. The molecule has 0 aliphatic rings. The summed E-state index contributed by atoms with van der Waals surface area (Å²) in [6, 6.07) is 0. The Hall–Kier alpha value is -0.450. The third-order valence-electron chi connectivity index (χ3n) is 6.28. The minimum absolute atomic E-state index is 0.0585. The van der Waals surface area contributed by atoms with Crippen LogP contribution in [0.3, 0.4) is 0 Å². The van der Waals surface area contributed by atoms with Crippen LogP contribution in [-0.2, 0) is 4.57 Å². The Balaban J connectivity index is 3.57. The van der Waals surface area contributed by atoms with Crippen LogP contribution in [0.15, 0.2) is 24.3 Å². The molecular weight excluding hydrogens is 445 g/mol. The zero-order chi connectivity index (χ0) is 25.8. The number of aliphatic hydroxyl groups is 1. The maximum Gasteiger partial charge on any atom is 0.362 e. The lowest BCUT2D eigenvalue weighted by Crippen LogP contribution is -2.49. The molecule has 0 saturated carbocycles. The van der Waals surface area contributed by atoms with E-state index in [4.69, 9.17) is 0 Å². The van der Waals surface area contributed by atoms with Crippen molar-refractivity contribution in [2.24, 2.45) is 0 Å². The zero-order valence-corrected chi connectivity index (χ0v) is 23.8. The van der Waals surface area contributed by atoms with Crippen LogP contribution in [0.2, 0.25) is 0 Å². The van der Waals surface area contributed by atoms with Gasteiger partial charge in [-0.05, 0) is 57.8 Å². The molecule has 0 heterocycles. The van der Waals surface area contributed by atoms with Crippen LogP contribution in [0.5, 0.6) is 0 Å². The molecule has 0 saturated heterocycles. The average Bonchev–Trinajstić information content (AvgIpc) is 2.73. The van der Waals surface area contributed by atoms with Crippen molar-refractivity contribution in [2.45, 2.75) is 128 Å². The molecule has 0 aromatic carbocycles. The smallest absolute Gasteiger partial charge is 0.362 e. The lowest BCUT2D eigenvalue weighted by atomic mass is 10.0. The van der Waals surface area contributed by atoms with Crippen molar-refractivity contribution in [3.05, 3.63) is 24.3 Å². The van der Waals surface area contributed by atoms with E-state index in [1.807, 2.05) is 21.1 Å². The van der Waals surface area contributed by atoms with Crippen LogP contribution in [0.1, 0.15) is 122 Å². The van der Waals surface area contributed by atoms with E-state index >= 15 is 0 Å². The lowest BCUT2D eigenvalue weighted by molar-refractivity contribution is -0.875. The van der Waals surface area contributed by atoms with Gasteiger partial charge in [0.25, 0.3) is 0 Å². The fraction of sp³-hybridized carbons (Fsp3) is 0.857. The highest BCUT2D eigenvalue weighted by Gasteiger charge is 2.48. The second-order valence-electron chi connectivity index (χ2n) is 11.0. The number of unbranched alkanes of at least 4 members (excludes halogenated alkanes) is 14. The van der Waals surface area contributed by atoms with Crippen molar-refractivity contribution in [2.75, 3.05) is 27.7 Å². The molecular formula is C28H57NO4P+. The predicted octanol–water partition coefficient (Wildman–Crippen LogP) is 7.71. The van der Waals surface area contributed by atoms with E-state index < -0.39 is 12.9 Å². The van der Waals surface area contributed by atoms with Crippen LogP contribution in [0.25, 0.3) is 0 Å². The van der Waals surface area contributed by atoms with Crippen molar-refractivity contribution >= 4 is 7.60 Å². The molecule has 0 radical (unpaired) electrons. The first-order valence-corrected chi connectivity index (χ1v) is 15.5. The van der Waals surface area contributed by atoms with Crippen LogP contribution < -0.4 is 0 Å². The van der Waals surface area contributed by atoms with E-state index in [1.54, 1.807) is 0 Å². The summed E-state index contributed by atoms with van der Waals surface area (Å²) in [4.78, 5) is 19.2. The standard InChI is InChI=1S/C28H56NO4P/c1-5-6-7-8-9-10-11-12-13-14-15-16-17-18-19-20-21-22-23-24-25-26-28(30,34(31,32)33)27-29(2,3)4/h6-7,15-16,30H,5,8-14,17-27H2,1-4H3,(H-,31,32,33)/p+1/b7-6-,16-15-. The fourth-order valence-electron chi connectivity index (χ4n) is 4.38. The van der Waals surface area contributed by atoms with Gasteiger partial charge < -0.3 is 19.4 Å². The van der Waals surface area contributed by atoms with Crippen LogP contribution in [-0.4, -0.2) is 52.4 Å². The Morgan fingerprint density at radius 2 is 1.00 bits per heavy atom. The van der Waals surface area contributed by atoms with Gasteiger partial charge in [0, 0.05) is 0 Å². The van der Waals surface area contributed by atoms with Crippen molar-refractivity contribution in [1.82, 2.24) is 0 Å². The Morgan fingerprint density at radius 3 is 1.35 bits per heavy atom. The molecule has 0 fully saturated rings. The van der Waals surface area contributed by atoms with Crippen molar-refractivity contribution in [3.8, 4) is 0 Å². The highest BCUT2D eigenvalue weighted by molar-refractivity contribution is 7.53. The van der Waals surface area contributed by atoms with Gasteiger partial charge in [0.15, 0.2) is 0 Å². The second-order valence-corrected chi connectivity index (χ2v) is 13.0. The molecule has 0 aliphatic carbocycles. The Kier molecular flexibility index (Phi) is 19.4. The van der Waals surface area contributed by atoms with Crippen molar-refractivity contribution in [1.29, 1.82) is 0 Å². The minimum atomic E-state index is -4.55. The van der Waals surface area contributed by atoms with E-state index in [0.29, 0.717) is 10.9 Å². The van der Waals surface area contributed by atoms with Gasteiger partial charge in [0.1, 0.15) is 6.54 Å². The molecule has 202 valence electrons. The van der Waals surface area contributed by atoms with Gasteiger partial charge in [-0.3, -0.25) is 4.57 Å². The lowest BCUT2D eigenvalue weighted by Gasteiger charge is -2.35. The number of hydrogen-bond donors (Lipinski definition) is 3. The normalized spacial score (nSPS) is 14.9. The quantitative estimate of drug-likeness (QED) is 0.0578. The summed E-state index contributed by atoms with van der Waals surface area (Å²) in [6.07, 6.45) is 29.8. The number of likely N-dealkylation sites (N-methyl/N-ethyl adjacent to an activating group) is 1. The molecule has 0 rings (SSSR count). The SMILES string of the molecule is CC/C=C\CCCCCCC/C=C\CCCCCCCCCCC(O)(C[N+](C)(C)C)P(=O)(O)O.